The zero-order valence-electron chi connectivity index (χ0n) is 12.8. The van der Waals surface area contributed by atoms with E-state index in [-0.39, 0.29) is 24.6 Å². The van der Waals surface area contributed by atoms with Crippen molar-refractivity contribution < 1.29 is 14.6 Å². The second kappa shape index (κ2) is 7.81. The van der Waals surface area contributed by atoms with E-state index < -0.39 is 6.10 Å². The van der Waals surface area contributed by atoms with Crippen LogP contribution < -0.4 is 10.6 Å². The van der Waals surface area contributed by atoms with Crippen molar-refractivity contribution in [3.05, 3.63) is 34.9 Å². The molecular formula is C16H23ClN2O3. The van der Waals surface area contributed by atoms with Crippen LogP contribution in [0.5, 0.6) is 0 Å². The van der Waals surface area contributed by atoms with Crippen LogP contribution in [-0.4, -0.2) is 44.0 Å². The molecule has 0 saturated heterocycles. The number of amides is 2. The Bertz CT molecular complexity index is 489. The smallest absolute Gasteiger partial charge is 0.314 e. The van der Waals surface area contributed by atoms with E-state index >= 15 is 0 Å². The van der Waals surface area contributed by atoms with Crippen LogP contribution in [0.2, 0.25) is 5.02 Å². The topological polar surface area (TPSA) is 70.6 Å². The van der Waals surface area contributed by atoms with Crippen LogP contribution in [0.1, 0.15) is 24.8 Å². The Morgan fingerprint density at radius 3 is 2.59 bits per heavy atom. The van der Waals surface area contributed by atoms with Gasteiger partial charge in [0.05, 0.1) is 12.7 Å². The Labute approximate surface area is 136 Å². The van der Waals surface area contributed by atoms with Gasteiger partial charge in [-0.15, -0.1) is 0 Å². The molecule has 0 aliphatic heterocycles. The molecule has 3 N–H and O–H groups in total. The molecule has 0 bridgehead atoms. The zero-order valence-corrected chi connectivity index (χ0v) is 13.5. The summed E-state index contributed by atoms with van der Waals surface area (Å²) in [6.07, 6.45) is 2.59. The summed E-state index contributed by atoms with van der Waals surface area (Å²) in [6.45, 7) is 0.962. The standard InChI is InChI=1S/C16H23ClN2O3/c1-22-10-14(20)9-18-15(21)19-11-16(7-2-8-16)12-3-5-13(17)6-4-12/h3-6,14,20H,2,7-11H2,1H3,(H2,18,19,21). The summed E-state index contributed by atoms with van der Waals surface area (Å²) >= 11 is 5.93. The van der Waals surface area contributed by atoms with Crippen molar-refractivity contribution >= 4 is 17.6 Å². The average molecular weight is 327 g/mol. The highest BCUT2D eigenvalue weighted by Crippen LogP contribution is 2.43. The van der Waals surface area contributed by atoms with Gasteiger partial charge in [0.1, 0.15) is 0 Å². The molecule has 6 heteroatoms. The van der Waals surface area contributed by atoms with E-state index in [0.717, 1.165) is 17.9 Å². The number of hydrogen-bond donors (Lipinski definition) is 3. The van der Waals surface area contributed by atoms with Gasteiger partial charge in [0.25, 0.3) is 0 Å². The molecule has 1 saturated carbocycles. The van der Waals surface area contributed by atoms with E-state index in [4.69, 9.17) is 16.3 Å². The number of aliphatic hydroxyl groups excluding tert-OH is 1. The van der Waals surface area contributed by atoms with E-state index in [1.165, 1.54) is 19.1 Å². The fourth-order valence-electron chi connectivity index (χ4n) is 2.75. The fraction of sp³-hybridized carbons (Fsp3) is 0.562. The van der Waals surface area contributed by atoms with Crippen LogP contribution >= 0.6 is 11.6 Å². The van der Waals surface area contributed by atoms with Crippen LogP contribution in [0.25, 0.3) is 0 Å². The molecule has 122 valence electrons. The number of carbonyl (C=O) groups is 1. The van der Waals surface area contributed by atoms with Crippen molar-refractivity contribution in [2.45, 2.75) is 30.8 Å². The van der Waals surface area contributed by atoms with Crippen molar-refractivity contribution in [2.75, 3.05) is 26.8 Å². The third kappa shape index (κ3) is 4.35. The summed E-state index contributed by atoms with van der Waals surface area (Å²) in [5.41, 5.74) is 1.22. The third-order valence-corrected chi connectivity index (χ3v) is 4.46. The number of benzene rings is 1. The van der Waals surface area contributed by atoms with Crippen LogP contribution in [0, 0.1) is 0 Å². The number of carbonyl (C=O) groups excluding carboxylic acids is 1. The number of hydrogen-bond acceptors (Lipinski definition) is 3. The van der Waals surface area contributed by atoms with Crippen molar-refractivity contribution in [1.29, 1.82) is 0 Å². The first-order chi connectivity index (χ1) is 10.6. The molecule has 1 fully saturated rings. The van der Waals surface area contributed by atoms with Crippen LogP contribution in [0.3, 0.4) is 0 Å². The molecule has 0 aromatic heterocycles. The normalized spacial score (nSPS) is 17.4. The van der Waals surface area contributed by atoms with E-state index in [2.05, 4.69) is 10.6 Å². The van der Waals surface area contributed by atoms with Crippen molar-refractivity contribution in [1.82, 2.24) is 10.6 Å². The van der Waals surface area contributed by atoms with Gasteiger partial charge >= 0.3 is 6.03 Å². The van der Waals surface area contributed by atoms with E-state index in [0.29, 0.717) is 6.54 Å². The molecule has 0 spiro atoms. The molecule has 0 radical (unpaired) electrons. The van der Waals surface area contributed by atoms with Gasteiger partial charge in [-0.3, -0.25) is 0 Å². The maximum absolute atomic E-state index is 11.8. The Kier molecular flexibility index (Phi) is 6.06. The lowest BCUT2D eigenvalue weighted by atomic mass is 9.64. The summed E-state index contributed by atoms with van der Waals surface area (Å²) in [6, 6.07) is 7.57. The second-order valence-electron chi connectivity index (χ2n) is 5.81. The number of nitrogens with one attached hydrogen (secondary N) is 2. The lowest BCUT2D eigenvalue weighted by Crippen LogP contribution is -2.49. The first-order valence-electron chi connectivity index (χ1n) is 7.50. The Morgan fingerprint density at radius 2 is 2.05 bits per heavy atom. The largest absolute Gasteiger partial charge is 0.389 e. The van der Waals surface area contributed by atoms with Gasteiger partial charge in [-0.05, 0) is 30.5 Å². The van der Waals surface area contributed by atoms with Gasteiger partial charge < -0.3 is 20.5 Å². The third-order valence-electron chi connectivity index (χ3n) is 4.21. The summed E-state index contributed by atoms with van der Waals surface area (Å²) < 4.78 is 4.81. The number of halogens is 1. The monoisotopic (exact) mass is 326 g/mol. The minimum Gasteiger partial charge on any atom is -0.389 e. The number of ether oxygens (including phenoxy) is 1. The predicted octanol–water partition coefficient (Wildman–Crippen LogP) is 2.07. The van der Waals surface area contributed by atoms with Gasteiger partial charge in [0.2, 0.25) is 0 Å². The average Bonchev–Trinajstić information content (AvgIpc) is 2.46. The zero-order chi connectivity index (χ0) is 16.0. The first kappa shape index (κ1) is 17.1. The molecular weight excluding hydrogens is 304 g/mol. The quantitative estimate of drug-likeness (QED) is 0.718. The highest BCUT2D eigenvalue weighted by Gasteiger charge is 2.38. The van der Waals surface area contributed by atoms with E-state index in [9.17, 15) is 9.90 Å². The van der Waals surface area contributed by atoms with Gasteiger partial charge in [0, 0.05) is 30.6 Å². The van der Waals surface area contributed by atoms with Crippen LogP contribution in [0.4, 0.5) is 4.79 Å². The van der Waals surface area contributed by atoms with E-state index in [1.54, 1.807) is 0 Å². The fourth-order valence-corrected chi connectivity index (χ4v) is 2.87. The number of methoxy groups -OCH3 is 1. The molecule has 1 aromatic carbocycles. The maximum atomic E-state index is 11.8. The highest BCUT2D eigenvalue weighted by molar-refractivity contribution is 6.30. The molecule has 2 amide bonds. The van der Waals surface area contributed by atoms with Crippen molar-refractivity contribution in [3.8, 4) is 0 Å². The van der Waals surface area contributed by atoms with Crippen molar-refractivity contribution in [3.63, 3.8) is 0 Å². The summed E-state index contributed by atoms with van der Waals surface area (Å²) in [7, 11) is 1.51. The maximum Gasteiger partial charge on any atom is 0.314 e. The lowest BCUT2D eigenvalue weighted by molar-refractivity contribution is 0.0659. The molecule has 1 aliphatic rings. The first-order valence-corrected chi connectivity index (χ1v) is 7.88. The van der Waals surface area contributed by atoms with Crippen LogP contribution in [0.15, 0.2) is 24.3 Å². The van der Waals surface area contributed by atoms with Crippen molar-refractivity contribution in [2.24, 2.45) is 0 Å². The Morgan fingerprint density at radius 1 is 1.36 bits per heavy atom. The van der Waals surface area contributed by atoms with Gasteiger partial charge in [-0.25, -0.2) is 4.79 Å². The molecule has 1 aliphatic carbocycles. The van der Waals surface area contributed by atoms with Gasteiger partial charge in [-0.1, -0.05) is 30.2 Å². The number of aliphatic hydroxyl groups is 1. The van der Waals surface area contributed by atoms with Crippen LogP contribution in [-0.2, 0) is 10.2 Å². The predicted molar refractivity (Wildman–Crippen MR) is 86.3 cm³/mol. The summed E-state index contributed by atoms with van der Waals surface area (Å²) in [5, 5.41) is 15.8. The lowest BCUT2D eigenvalue weighted by Gasteiger charge is -2.42. The van der Waals surface area contributed by atoms with Gasteiger partial charge in [-0.2, -0.15) is 0 Å². The Balaban J connectivity index is 1.83. The molecule has 2 rings (SSSR count). The molecule has 5 nitrogen and oxygen atoms in total. The minimum absolute atomic E-state index is 0.00702. The number of urea groups is 1. The molecule has 1 unspecified atom stereocenters. The van der Waals surface area contributed by atoms with Gasteiger partial charge in [0.15, 0.2) is 0 Å². The molecule has 1 atom stereocenters. The second-order valence-corrected chi connectivity index (χ2v) is 6.25. The molecule has 0 heterocycles. The SMILES string of the molecule is COCC(O)CNC(=O)NCC1(c2ccc(Cl)cc2)CCC1. The minimum atomic E-state index is -0.690. The molecule has 1 aromatic rings. The highest BCUT2D eigenvalue weighted by atomic mass is 35.5. The summed E-state index contributed by atoms with van der Waals surface area (Å²) in [4.78, 5) is 11.8. The van der Waals surface area contributed by atoms with E-state index in [1.807, 2.05) is 24.3 Å². The number of rotatable bonds is 7. The summed E-state index contributed by atoms with van der Waals surface area (Å²) in [5.74, 6) is 0. The molecule has 22 heavy (non-hydrogen) atoms. The Hall–Kier alpha value is -1.30.